The highest BCUT2D eigenvalue weighted by molar-refractivity contribution is 7.10. The normalized spacial score (nSPS) is 10.9. The molecule has 1 aromatic carbocycles. The van der Waals surface area contributed by atoms with Crippen LogP contribution in [0.1, 0.15) is 34.1 Å². The van der Waals surface area contributed by atoms with Crippen LogP contribution in [0.5, 0.6) is 0 Å². The molecule has 0 radical (unpaired) electrons. The van der Waals surface area contributed by atoms with Gasteiger partial charge in [0.25, 0.3) is 0 Å². The molecule has 0 unspecified atom stereocenters. The highest BCUT2D eigenvalue weighted by Crippen LogP contribution is 2.28. The number of fused-ring (bicyclic) bond motifs is 1. The summed E-state index contributed by atoms with van der Waals surface area (Å²) in [5, 5.41) is 4.79. The summed E-state index contributed by atoms with van der Waals surface area (Å²) in [6, 6.07) is 4.80. The van der Waals surface area contributed by atoms with Gasteiger partial charge in [0.15, 0.2) is 0 Å². The van der Waals surface area contributed by atoms with E-state index in [0.717, 1.165) is 12.0 Å². The second-order valence-electron chi connectivity index (χ2n) is 5.68. The van der Waals surface area contributed by atoms with Crippen LogP contribution >= 0.6 is 23.1 Å². The fourth-order valence-corrected chi connectivity index (χ4v) is 3.71. The molecule has 26 heavy (non-hydrogen) atoms. The Morgan fingerprint density at radius 3 is 2.81 bits per heavy atom. The molecule has 8 heteroatoms. The Hall–Kier alpha value is -2.38. The third-order valence-electron chi connectivity index (χ3n) is 4.03. The summed E-state index contributed by atoms with van der Waals surface area (Å²) in [5.41, 5.74) is 2.34. The molecule has 136 valence electrons. The number of halogens is 1. The molecular formula is C18H17ClN2O4S. The highest BCUT2D eigenvalue weighted by atomic mass is 35.5. The molecular weight excluding hydrogens is 376 g/mol. The van der Waals surface area contributed by atoms with E-state index in [2.05, 4.69) is 9.69 Å². The van der Waals surface area contributed by atoms with Crippen molar-refractivity contribution in [1.29, 1.82) is 0 Å². The SMILES string of the molecule is CCc1cc2oc(=O)cc(COC(=O)c3c(C)nsc3NC)c2cc1Cl. The van der Waals surface area contributed by atoms with Gasteiger partial charge in [-0.3, -0.25) is 0 Å². The Labute approximate surface area is 158 Å². The number of esters is 1. The van der Waals surface area contributed by atoms with Crippen molar-refractivity contribution in [2.75, 3.05) is 12.4 Å². The van der Waals surface area contributed by atoms with Gasteiger partial charge < -0.3 is 14.5 Å². The van der Waals surface area contributed by atoms with Crippen molar-refractivity contribution >= 4 is 45.1 Å². The van der Waals surface area contributed by atoms with Crippen LogP contribution in [0, 0.1) is 6.92 Å². The number of aryl methyl sites for hydroxylation is 2. The maximum Gasteiger partial charge on any atom is 0.343 e. The van der Waals surface area contributed by atoms with Gasteiger partial charge in [-0.25, -0.2) is 9.59 Å². The van der Waals surface area contributed by atoms with Crippen LogP contribution in [0.2, 0.25) is 5.02 Å². The van der Waals surface area contributed by atoms with E-state index in [1.54, 1.807) is 26.1 Å². The van der Waals surface area contributed by atoms with Gasteiger partial charge in [-0.15, -0.1) is 0 Å². The Balaban J connectivity index is 1.93. The van der Waals surface area contributed by atoms with Gasteiger partial charge in [-0.05, 0) is 42.6 Å². The largest absolute Gasteiger partial charge is 0.457 e. The third-order valence-corrected chi connectivity index (χ3v) is 5.34. The fraction of sp³-hybridized carbons (Fsp3) is 0.278. The summed E-state index contributed by atoms with van der Waals surface area (Å²) < 4.78 is 14.8. The van der Waals surface area contributed by atoms with E-state index < -0.39 is 11.6 Å². The summed E-state index contributed by atoms with van der Waals surface area (Å²) in [6.07, 6.45) is 0.717. The van der Waals surface area contributed by atoms with E-state index in [1.165, 1.54) is 17.6 Å². The fourth-order valence-electron chi connectivity index (χ4n) is 2.68. The molecule has 2 aromatic heterocycles. The number of carbonyl (C=O) groups excluding carboxylic acids is 1. The van der Waals surface area contributed by atoms with Gasteiger partial charge in [0.2, 0.25) is 0 Å². The number of hydrogen-bond donors (Lipinski definition) is 1. The monoisotopic (exact) mass is 392 g/mol. The number of nitrogens with zero attached hydrogens (tertiary/aromatic N) is 1. The van der Waals surface area contributed by atoms with Gasteiger partial charge in [0, 0.05) is 29.1 Å². The van der Waals surface area contributed by atoms with Crippen LogP contribution in [-0.4, -0.2) is 17.4 Å². The maximum absolute atomic E-state index is 12.4. The molecule has 0 aliphatic carbocycles. The van der Waals surface area contributed by atoms with Crippen molar-refractivity contribution in [1.82, 2.24) is 4.37 Å². The van der Waals surface area contributed by atoms with E-state index in [1.807, 2.05) is 6.92 Å². The van der Waals surface area contributed by atoms with Gasteiger partial charge in [0.05, 0.1) is 5.69 Å². The zero-order valence-corrected chi connectivity index (χ0v) is 16.1. The highest BCUT2D eigenvalue weighted by Gasteiger charge is 2.20. The quantitative estimate of drug-likeness (QED) is 0.518. The predicted molar refractivity (Wildman–Crippen MR) is 102 cm³/mol. The molecule has 2 heterocycles. The van der Waals surface area contributed by atoms with Crippen LogP contribution in [0.15, 0.2) is 27.4 Å². The zero-order chi connectivity index (χ0) is 18.8. The standard InChI is InChI=1S/C18H17ClN2O4S/c1-4-10-5-14-12(7-13(10)19)11(6-15(22)25-14)8-24-18(23)16-9(2)21-26-17(16)20-3/h5-7,20H,4,8H2,1-3H3. The first-order chi connectivity index (χ1) is 12.4. The average Bonchev–Trinajstić information content (AvgIpc) is 3.00. The van der Waals surface area contributed by atoms with E-state index in [-0.39, 0.29) is 6.61 Å². The van der Waals surface area contributed by atoms with E-state index in [4.69, 9.17) is 20.8 Å². The topological polar surface area (TPSA) is 81.4 Å². The molecule has 0 spiro atoms. The lowest BCUT2D eigenvalue weighted by Crippen LogP contribution is -2.10. The number of hydrogen-bond acceptors (Lipinski definition) is 7. The van der Waals surface area contributed by atoms with Gasteiger partial charge >= 0.3 is 11.6 Å². The molecule has 0 bridgehead atoms. The summed E-state index contributed by atoms with van der Waals surface area (Å²) >= 11 is 7.47. The Bertz CT molecular complexity index is 1040. The van der Waals surface area contributed by atoms with Gasteiger partial charge in [-0.2, -0.15) is 4.37 Å². The third kappa shape index (κ3) is 3.45. The molecule has 3 aromatic rings. The number of ether oxygens (including phenoxy) is 1. The van der Waals surface area contributed by atoms with Crippen molar-refractivity contribution in [3.63, 3.8) is 0 Å². The van der Waals surface area contributed by atoms with Gasteiger partial charge in [-0.1, -0.05) is 18.5 Å². The van der Waals surface area contributed by atoms with Crippen molar-refractivity contribution in [2.45, 2.75) is 26.9 Å². The molecule has 0 amide bonds. The lowest BCUT2D eigenvalue weighted by Gasteiger charge is -2.10. The lowest BCUT2D eigenvalue weighted by atomic mass is 10.1. The lowest BCUT2D eigenvalue weighted by molar-refractivity contribution is 0.0474. The number of nitrogens with one attached hydrogen (secondary N) is 1. The minimum absolute atomic E-state index is 0.0683. The molecule has 0 fully saturated rings. The first-order valence-electron chi connectivity index (χ1n) is 8.00. The molecule has 0 aliphatic heterocycles. The Morgan fingerprint density at radius 2 is 2.12 bits per heavy atom. The van der Waals surface area contributed by atoms with E-state index >= 15 is 0 Å². The summed E-state index contributed by atoms with van der Waals surface area (Å²) in [7, 11) is 1.72. The molecule has 0 saturated carbocycles. The molecule has 1 N–H and O–H groups in total. The number of benzene rings is 1. The maximum atomic E-state index is 12.4. The summed E-state index contributed by atoms with van der Waals surface area (Å²) in [6.45, 7) is 3.64. The predicted octanol–water partition coefficient (Wildman–Crippen LogP) is 4.17. The van der Waals surface area contributed by atoms with Crippen molar-refractivity contribution in [2.24, 2.45) is 0 Å². The van der Waals surface area contributed by atoms with Crippen molar-refractivity contribution < 1.29 is 13.9 Å². The van der Waals surface area contributed by atoms with Crippen molar-refractivity contribution in [3.05, 3.63) is 56.0 Å². The Kier molecular flexibility index (Phi) is 5.29. The average molecular weight is 393 g/mol. The van der Waals surface area contributed by atoms with E-state index in [9.17, 15) is 9.59 Å². The number of anilines is 1. The second-order valence-corrected chi connectivity index (χ2v) is 6.86. The van der Waals surface area contributed by atoms with Gasteiger partial charge in [0.1, 0.15) is 22.8 Å². The minimum atomic E-state index is -0.503. The van der Waals surface area contributed by atoms with Crippen LogP contribution < -0.4 is 10.9 Å². The van der Waals surface area contributed by atoms with Crippen LogP contribution in [0.25, 0.3) is 11.0 Å². The molecule has 0 atom stereocenters. The molecule has 0 aliphatic rings. The first-order valence-corrected chi connectivity index (χ1v) is 9.16. The van der Waals surface area contributed by atoms with E-state index in [0.29, 0.717) is 37.8 Å². The van der Waals surface area contributed by atoms with Crippen LogP contribution in [0.4, 0.5) is 5.00 Å². The Morgan fingerprint density at radius 1 is 1.35 bits per heavy atom. The molecule has 0 saturated heterocycles. The minimum Gasteiger partial charge on any atom is -0.457 e. The zero-order valence-electron chi connectivity index (χ0n) is 14.5. The number of aromatic nitrogens is 1. The summed E-state index contributed by atoms with van der Waals surface area (Å²) in [4.78, 5) is 24.3. The molecule has 3 rings (SSSR count). The number of carbonyl (C=O) groups is 1. The van der Waals surface area contributed by atoms with Crippen molar-refractivity contribution in [3.8, 4) is 0 Å². The first kappa shape index (κ1) is 18.4. The molecule has 6 nitrogen and oxygen atoms in total. The summed E-state index contributed by atoms with van der Waals surface area (Å²) in [5.74, 6) is -0.502. The second kappa shape index (κ2) is 7.47. The van der Waals surface area contributed by atoms with Crippen LogP contribution in [0.3, 0.4) is 0 Å². The number of rotatable bonds is 5. The smallest absolute Gasteiger partial charge is 0.343 e. The van der Waals surface area contributed by atoms with Crippen LogP contribution in [-0.2, 0) is 17.8 Å².